The van der Waals surface area contributed by atoms with Gasteiger partial charge in [0.2, 0.25) is 0 Å². The molecule has 0 aliphatic carbocycles. The predicted octanol–water partition coefficient (Wildman–Crippen LogP) is -0.569. The van der Waals surface area contributed by atoms with Crippen molar-refractivity contribution in [2.45, 2.75) is 18.9 Å². The van der Waals surface area contributed by atoms with Crippen LogP contribution in [0.25, 0.3) is 0 Å². The number of nitrogens with two attached hydrogens (primary N) is 1. The Labute approximate surface area is 84.7 Å². The van der Waals surface area contributed by atoms with Crippen LogP contribution in [0.15, 0.2) is 0 Å². The van der Waals surface area contributed by atoms with E-state index in [0.717, 1.165) is 0 Å². The van der Waals surface area contributed by atoms with E-state index in [1.165, 1.54) is 0 Å². The van der Waals surface area contributed by atoms with Gasteiger partial charge in [-0.3, -0.25) is 10.3 Å². The van der Waals surface area contributed by atoms with Crippen molar-refractivity contribution >= 4 is 15.7 Å². The number of hydrogen-bond donors (Lipinski definition) is 2. The molecule has 1 aliphatic heterocycles. The van der Waals surface area contributed by atoms with Crippen molar-refractivity contribution in [2.75, 3.05) is 25.1 Å². The van der Waals surface area contributed by atoms with Crippen LogP contribution in [-0.2, 0) is 9.84 Å². The van der Waals surface area contributed by atoms with Gasteiger partial charge in [-0.1, -0.05) is 0 Å². The molecule has 1 heterocycles. The minimum Gasteiger partial charge on any atom is -0.387 e. The molecule has 0 saturated carbocycles. The summed E-state index contributed by atoms with van der Waals surface area (Å²) in [6, 6.07) is 0.252. The molecule has 1 rings (SSSR count). The molecule has 1 saturated heterocycles. The van der Waals surface area contributed by atoms with Gasteiger partial charge in [-0.05, 0) is 19.9 Å². The first-order valence-corrected chi connectivity index (χ1v) is 6.46. The zero-order chi connectivity index (χ0) is 10.8. The molecule has 1 aliphatic rings. The molecular weight excluding hydrogens is 202 g/mol. The second-order valence-corrected chi connectivity index (χ2v) is 6.13. The molecular formula is C8H17N3O2S. The normalized spacial score (nSPS) is 22.4. The zero-order valence-electron chi connectivity index (χ0n) is 8.36. The first kappa shape index (κ1) is 11.5. The SMILES string of the molecule is CN(CC(=N)N)C1CCS(=O)(=O)CC1. The van der Waals surface area contributed by atoms with Gasteiger partial charge in [-0.15, -0.1) is 0 Å². The predicted molar refractivity (Wildman–Crippen MR) is 56.2 cm³/mol. The summed E-state index contributed by atoms with van der Waals surface area (Å²) in [5.41, 5.74) is 5.28. The first-order valence-electron chi connectivity index (χ1n) is 4.64. The third-order valence-electron chi connectivity index (χ3n) is 2.57. The molecule has 0 aromatic carbocycles. The highest BCUT2D eigenvalue weighted by Gasteiger charge is 2.26. The highest BCUT2D eigenvalue weighted by atomic mass is 32.2. The lowest BCUT2D eigenvalue weighted by Crippen LogP contribution is -2.42. The molecule has 0 unspecified atom stereocenters. The maximum atomic E-state index is 11.2. The molecule has 5 nitrogen and oxygen atoms in total. The Kier molecular flexibility index (Phi) is 3.49. The van der Waals surface area contributed by atoms with Crippen LogP contribution in [0.4, 0.5) is 0 Å². The first-order chi connectivity index (χ1) is 6.41. The summed E-state index contributed by atoms with van der Waals surface area (Å²) in [7, 11) is -0.910. The van der Waals surface area contributed by atoms with E-state index in [0.29, 0.717) is 19.4 Å². The maximum Gasteiger partial charge on any atom is 0.150 e. The lowest BCUT2D eigenvalue weighted by molar-refractivity contribution is 0.255. The molecule has 0 spiro atoms. The van der Waals surface area contributed by atoms with Crippen molar-refractivity contribution in [3.8, 4) is 0 Å². The maximum absolute atomic E-state index is 11.2. The molecule has 0 aromatic heterocycles. The van der Waals surface area contributed by atoms with Gasteiger partial charge in [0, 0.05) is 6.04 Å². The van der Waals surface area contributed by atoms with Gasteiger partial charge >= 0.3 is 0 Å². The van der Waals surface area contributed by atoms with Gasteiger partial charge in [0.05, 0.1) is 18.1 Å². The summed E-state index contributed by atoms with van der Waals surface area (Å²) in [6.07, 6.45) is 1.32. The van der Waals surface area contributed by atoms with E-state index in [1.807, 2.05) is 11.9 Å². The summed E-state index contributed by atoms with van der Waals surface area (Å²) in [6.45, 7) is 0.421. The molecule has 0 radical (unpaired) electrons. The van der Waals surface area contributed by atoms with Crippen molar-refractivity contribution in [3.05, 3.63) is 0 Å². The smallest absolute Gasteiger partial charge is 0.150 e. The third-order valence-corrected chi connectivity index (χ3v) is 4.28. The third kappa shape index (κ3) is 3.26. The Morgan fingerprint density at radius 3 is 2.43 bits per heavy atom. The zero-order valence-corrected chi connectivity index (χ0v) is 9.18. The Balaban J connectivity index is 2.45. The van der Waals surface area contributed by atoms with Crippen molar-refractivity contribution in [2.24, 2.45) is 5.73 Å². The van der Waals surface area contributed by atoms with Crippen molar-refractivity contribution in [3.63, 3.8) is 0 Å². The molecule has 0 bridgehead atoms. The van der Waals surface area contributed by atoms with Gasteiger partial charge in [-0.25, -0.2) is 8.42 Å². The second kappa shape index (κ2) is 4.27. The molecule has 6 heteroatoms. The molecule has 0 amide bonds. The number of likely N-dealkylation sites (N-methyl/N-ethyl adjacent to an activating group) is 1. The Morgan fingerprint density at radius 2 is 2.00 bits per heavy atom. The average molecular weight is 219 g/mol. The van der Waals surface area contributed by atoms with Gasteiger partial charge < -0.3 is 5.73 Å². The summed E-state index contributed by atoms with van der Waals surface area (Å²) < 4.78 is 22.3. The van der Waals surface area contributed by atoms with Gasteiger partial charge in [0.1, 0.15) is 15.7 Å². The van der Waals surface area contributed by atoms with E-state index in [-0.39, 0.29) is 23.4 Å². The monoisotopic (exact) mass is 219 g/mol. The van der Waals surface area contributed by atoms with Crippen LogP contribution >= 0.6 is 0 Å². The molecule has 3 N–H and O–H groups in total. The van der Waals surface area contributed by atoms with Crippen molar-refractivity contribution in [1.82, 2.24) is 4.90 Å². The number of nitrogens with zero attached hydrogens (tertiary/aromatic N) is 1. The average Bonchev–Trinajstić information content (AvgIpc) is 2.02. The van der Waals surface area contributed by atoms with Crippen LogP contribution < -0.4 is 5.73 Å². The lowest BCUT2D eigenvalue weighted by Gasteiger charge is -2.30. The largest absolute Gasteiger partial charge is 0.387 e. The summed E-state index contributed by atoms with van der Waals surface area (Å²) in [5.74, 6) is 0.653. The topological polar surface area (TPSA) is 87.2 Å². The minimum absolute atomic E-state index is 0.126. The molecule has 0 atom stereocenters. The lowest BCUT2D eigenvalue weighted by atomic mass is 10.1. The summed E-state index contributed by atoms with van der Waals surface area (Å²) >= 11 is 0. The summed E-state index contributed by atoms with van der Waals surface area (Å²) in [4.78, 5) is 1.96. The standard InChI is InChI=1S/C8H17N3O2S/c1-11(6-8(9)10)7-2-4-14(12,13)5-3-7/h7H,2-6H2,1H3,(H3,9,10). The van der Waals surface area contributed by atoms with Crippen molar-refractivity contribution < 1.29 is 8.42 Å². The number of nitrogens with one attached hydrogen (secondary N) is 1. The Bertz CT molecular complexity index is 299. The van der Waals surface area contributed by atoms with Crippen LogP contribution in [-0.4, -0.2) is 50.3 Å². The fraction of sp³-hybridized carbons (Fsp3) is 0.875. The van der Waals surface area contributed by atoms with Crippen LogP contribution in [0, 0.1) is 5.41 Å². The van der Waals surface area contributed by atoms with E-state index in [9.17, 15) is 8.42 Å². The fourth-order valence-corrected chi connectivity index (χ4v) is 3.18. The number of sulfone groups is 1. The van der Waals surface area contributed by atoms with E-state index in [4.69, 9.17) is 11.1 Å². The molecule has 82 valence electrons. The highest BCUT2D eigenvalue weighted by Crippen LogP contribution is 2.16. The van der Waals surface area contributed by atoms with Crippen LogP contribution in [0.3, 0.4) is 0 Å². The number of amidine groups is 1. The number of hydrogen-bond acceptors (Lipinski definition) is 4. The van der Waals surface area contributed by atoms with E-state index in [2.05, 4.69) is 0 Å². The molecule has 0 aromatic rings. The van der Waals surface area contributed by atoms with Gasteiger partial charge in [0.25, 0.3) is 0 Å². The highest BCUT2D eigenvalue weighted by molar-refractivity contribution is 7.91. The Hall–Kier alpha value is -0.620. The summed E-state index contributed by atoms with van der Waals surface area (Å²) in [5, 5.41) is 7.14. The van der Waals surface area contributed by atoms with Crippen molar-refractivity contribution in [1.29, 1.82) is 5.41 Å². The number of rotatable bonds is 3. The van der Waals surface area contributed by atoms with Crippen LogP contribution in [0.5, 0.6) is 0 Å². The quantitative estimate of drug-likeness (QED) is 0.491. The van der Waals surface area contributed by atoms with Gasteiger partial charge in [-0.2, -0.15) is 0 Å². The van der Waals surface area contributed by atoms with Crippen LogP contribution in [0.1, 0.15) is 12.8 Å². The minimum atomic E-state index is -2.79. The van der Waals surface area contributed by atoms with E-state index < -0.39 is 9.84 Å². The van der Waals surface area contributed by atoms with Crippen LogP contribution in [0.2, 0.25) is 0 Å². The molecule has 14 heavy (non-hydrogen) atoms. The fourth-order valence-electron chi connectivity index (χ4n) is 1.72. The van der Waals surface area contributed by atoms with E-state index >= 15 is 0 Å². The second-order valence-electron chi connectivity index (χ2n) is 3.82. The van der Waals surface area contributed by atoms with Gasteiger partial charge in [0.15, 0.2) is 0 Å². The van der Waals surface area contributed by atoms with E-state index in [1.54, 1.807) is 0 Å². The molecule has 1 fully saturated rings. The Morgan fingerprint density at radius 1 is 1.50 bits per heavy atom.